The maximum absolute atomic E-state index is 6.35. The Bertz CT molecular complexity index is 762. The second-order valence-electron chi connectivity index (χ2n) is 6.05. The predicted molar refractivity (Wildman–Crippen MR) is 94.0 cm³/mol. The van der Waals surface area contributed by atoms with Crippen molar-refractivity contribution in [2.24, 2.45) is 0 Å². The second-order valence-corrected chi connectivity index (χ2v) is 6.44. The summed E-state index contributed by atoms with van der Waals surface area (Å²) in [7, 11) is 1.66. The van der Waals surface area contributed by atoms with E-state index in [-0.39, 0.29) is 6.04 Å². The lowest BCUT2D eigenvalue weighted by atomic mass is 9.90. The van der Waals surface area contributed by atoms with E-state index in [1.807, 2.05) is 47.4 Å². The molecule has 2 heterocycles. The number of rotatable bonds is 2. The van der Waals surface area contributed by atoms with Crippen molar-refractivity contribution in [3.8, 4) is 11.5 Å². The molecule has 23 heavy (non-hydrogen) atoms. The van der Waals surface area contributed by atoms with Gasteiger partial charge in [0.2, 0.25) is 0 Å². The van der Waals surface area contributed by atoms with Crippen molar-refractivity contribution in [3.63, 3.8) is 0 Å². The molecule has 0 amide bonds. The smallest absolute Gasteiger partial charge is 0.188 e. The van der Waals surface area contributed by atoms with Crippen LogP contribution in [0.4, 0.5) is 5.69 Å². The number of anilines is 1. The fraction of sp³-hybridized carbons (Fsp3) is 0.278. The monoisotopic (exact) mass is 326 g/mol. The Morgan fingerprint density at radius 1 is 1.22 bits per heavy atom. The summed E-state index contributed by atoms with van der Waals surface area (Å²) in [6, 6.07) is 16.2. The summed E-state index contributed by atoms with van der Waals surface area (Å²) in [5.41, 5.74) is 1.65. The van der Waals surface area contributed by atoms with Gasteiger partial charge in [0.1, 0.15) is 11.5 Å². The molecule has 0 aliphatic carbocycles. The first-order valence-electron chi connectivity index (χ1n) is 7.63. The van der Waals surface area contributed by atoms with Gasteiger partial charge in [-0.05, 0) is 49.5 Å². The van der Waals surface area contributed by atoms with Crippen molar-refractivity contribution in [2.45, 2.75) is 25.1 Å². The van der Waals surface area contributed by atoms with Crippen molar-refractivity contribution in [1.82, 2.24) is 5.32 Å². The Labute approximate surface area is 141 Å². The predicted octanol–water partition coefficient (Wildman–Crippen LogP) is 3.63. The van der Waals surface area contributed by atoms with Gasteiger partial charge in [-0.3, -0.25) is 4.90 Å². The van der Waals surface area contributed by atoms with Gasteiger partial charge in [-0.15, -0.1) is 0 Å². The lowest BCUT2D eigenvalue weighted by Gasteiger charge is -2.52. The fourth-order valence-electron chi connectivity index (χ4n) is 3.44. The number of para-hydroxylation sites is 1. The van der Waals surface area contributed by atoms with E-state index in [1.54, 1.807) is 7.11 Å². The molecule has 2 atom stereocenters. The van der Waals surface area contributed by atoms with E-state index in [0.29, 0.717) is 5.11 Å². The van der Waals surface area contributed by atoms with Crippen LogP contribution >= 0.6 is 12.2 Å². The third-order valence-corrected chi connectivity index (χ3v) is 4.81. The maximum atomic E-state index is 6.35. The number of nitrogens with zero attached hydrogens (tertiary/aromatic N) is 1. The zero-order valence-electron chi connectivity index (χ0n) is 13.1. The molecule has 118 valence electrons. The van der Waals surface area contributed by atoms with Gasteiger partial charge in [-0.1, -0.05) is 18.2 Å². The number of thiocarbonyl (C=S) groups is 1. The highest BCUT2D eigenvalue weighted by Crippen LogP contribution is 2.45. The van der Waals surface area contributed by atoms with E-state index in [4.69, 9.17) is 21.7 Å². The number of benzene rings is 2. The minimum atomic E-state index is -0.504. The molecule has 0 spiro atoms. The van der Waals surface area contributed by atoms with Crippen LogP contribution in [-0.4, -0.2) is 17.9 Å². The van der Waals surface area contributed by atoms with Crippen LogP contribution in [0, 0.1) is 0 Å². The highest BCUT2D eigenvalue weighted by Gasteiger charge is 2.48. The average molecular weight is 326 g/mol. The number of hydrogen-bond acceptors (Lipinski definition) is 3. The van der Waals surface area contributed by atoms with Crippen LogP contribution in [0.5, 0.6) is 11.5 Å². The van der Waals surface area contributed by atoms with Gasteiger partial charge in [0.05, 0.1) is 13.2 Å². The van der Waals surface area contributed by atoms with Crippen molar-refractivity contribution < 1.29 is 9.47 Å². The van der Waals surface area contributed by atoms with Crippen LogP contribution in [0.2, 0.25) is 0 Å². The molecule has 2 aliphatic heterocycles. The van der Waals surface area contributed by atoms with Gasteiger partial charge in [-0.2, -0.15) is 0 Å². The van der Waals surface area contributed by atoms with Crippen LogP contribution in [0.1, 0.15) is 24.9 Å². The van der Waals surface area contributed by atoms with Crippen molar-refractivity contribution >= 4 is 23.0 Å². The molecule has 2 unspecified atom stereocenters. The van der Waals surface area contributed by atoms with Crippen molar-refractivity contribution in [1.29, 1.82) is 0 Å². The van der Waals surface area contributed by atoms with Gasteiger partial charge in [0, 0.05) is 17.7 Å². The summed E-state index contributed by atoms with van der Waals surface area (Å²) in [6.45, 7) is 2.09. The molecule has 0 aromatic heterocycles. The van der Waals surface area contributed by atoms with Crippen molar-refractivity contribution in [2.75, 3.05) is 12.0 Å². The summed E-state index contributed by atoms with van der Waals surface area (Å²) in [5.74, 6) is 1.74. The van der Waals surface area contributed by atoms with Crippen LogP contribution in [0.15, 0.2) is 48.5 Å². The Kier molecular flexibility index (Phi) is 3.20. The topological polar surface area (TPSA) is 33.7 Å². The quantitative estimate of drug-likeness (QED) is 0.852. The molecule has 0 saturated carbocycles. The first-order valence-corrected chi connectivity index (χ1v) is 8.04. The molecule has 1 saturated heterocycles. The van der Waals surface area contributed by atoms with Gasteiger partial charge in [-0.25, -0.2) is 0 Å². The SMILES string of the molecule is COc1ccc(N2C(=S)NC3CC2(C)Oc2ccccc23)cc1. The van der Waals surface area contributed by atoms with Gasteiger partial charge in [0.15, 0.2) is 10.8 Å². The molecule has 1 fully saturated rings. The molecule has 1 N–H and O–H groups in total. The van der Waals surface area contributed by atoms with E-state index in [9.17, 15) is 0 Å². The molecule has 2 bridgehead atoms. The zero-order chi connectivity index (χ0) is 16.0. The van der Waals surface area contributed by atoms with Gasteiger partial charge >= 0.3 is 0 Å². The maximum Gasteiger partial charge on any atom is 0.188 e. The summed E-state index contributed by atoms with van der Waals surface area (Å²) in [6.07, 6.45) is 0.830. The van der Waals surface area contributed by atoms with E-state index in [1.165, 1.54) is 5.56 Å². The Hall–Kier alpha value is -2.27. The Morgan fingerprint density at radius 2 is 1.96 bits per heavy atom. The van der Waals surface area contributed by atoms with E-state index in [0.717, 1.165) is 23.6 Å². The number of methoxy groups -OCH3 is 1. The van der Waals surface area contributed by atoms with Crippen LogP contribution < -0.4 is 19.7 Å². The summed E-state index contributed by atoms with van der Waals surface area (Å²) < 4.78 is 11.6. The highest BCUT2D eigenvalue weighted by molar-refractivity contribution is 7.80. The molecule has 2 aliphatic rings. The first-order chi connectivity index (χ1) is 11.1. The average Bonchev–Trinajstić information content (AvgIpc) is 2.54. The second kappa shape index (κ2) is 5.13. The fourth-order valence-corrected chi connectivity index (χ4v) is 3.89. The molecular formula is C18H18N2O2S. The lowest BCUT2D eigenvalue weighted by molar-refractivity contribution is 0.0498. The standard InChI is InChI=1S/C18H18N2O2S/c1-18-11-15(14-5-3-4-6-16(14)22-18)19-17(23)20(18)12-7-9-13(21-2)10-8-12/h3-10,15H,11H2,1-2H3,(H,19,23). The van der Waals surface area contributed by atoms with Crippen LogP contribution in [0.3, 0.4) is 0 Å². The number of ether oxygens (including phenoxy) is 2. The minimum absolute atomic E-state index is 0.187. The van der Waals surface area contributed by atoms with E-state index >= 15 is 0 Å². The molecular weight excluding hydrogens is 308 g/mol. The van der Waals surface area contributed by atoms with E-state index in [2.05, 4.69) is 18.3 Å². The molecule has 5 heteroatoms. The van der Waals surface area contributed by atoms with Gasteiger partial charge < -0.3 is 14.8 Å². The Balaban J connectivity index is 1.76. The molecule has 2 aromatic carbocycles. The molecule has 4 rings (SSSR count). The molecule has 2 aromatic rings. The Morgan fingerprint density at radius 3 is 2.70 bits per heavy atom. The van der Waals surface area contributed by atoms with Crippen molar-refractivity contribution in [3.05, 3.63) is 54.1 Å². The largest absolute Gasteiger partial charge is 0.497 e. The summed E-state index contributed by atoms with van der Waals surface area (Å²) in [5, 5.41) is 4.14. The van der Waals surface area contributed by atoms with Gasteiger partial charge in [0.25, 0.3) is 0 Å². The van der Waals surface area contributed by atoms with Crippen LogP contribution in [0.25, 0.3) is 0 Å². The van der Waals surface area contributed by atoms with Crippen LogP contribution in [-0.2, 0) is 0 Å². The lowest BCUT2D eigenvalue weighted by Crippen LogP contribution is -2.65. The molecule has 0 radical (unpaired) electrons. The third-order valence-electron chi connectivity index (χ3n) is 4.51. The summed E-state index contributed by atoms with van der Waals surface area (Å²) >= 11 is 5.63. The normalized spacial score (nSPS) is 25.2. The number of fused-ring (bicyclic) bond motifs is 4. The number of nitrogens with one attached hydrogen (secondary N) is 1. The minimum Gasteiger partial charge on any atom is -0.497 e. The molecule has 4 nitrogen and oxygen atoms in total. The third kappa shape index (κ3) is 2.23. The number of hydrogen-bond donors (Lipinski definition) is 1. The highest BCUT2D eigenvalue weighted by atomic mass is 32.1. The zero-order valence-corrected chi connectivity index (χ0v) is 13.9. The first kappa shape index (κ1) is 14.3. The summed E-state index contributed by atoms with van der Waals surface area (Å²) in [4.78, 5) is 2.05. The van der Waals surface area contributed by atoms with E-state index < -0.39 is 5.72 Å².